The van der Waals surface area contributed by atoms with E-state index in [0.29, 0.717) is 18.2 Å². The second kappa shape index (κ2) is 9.18. The van der Waals surface area contributed by atoms with E-state index in [1.165, 1.54) is 5.56 Å². The molecular weight excluding hydrogens is 308 g/mol. The van der Waals surface area contributed by atoms with Gasteiger partial charge in [-0.3, -0.25) is 0 Å². The quantitative estimate of drug-likeness (QED) is 0.667. The van der Waals surface area contributed by atoms with E-state index in [0.717, 1.165) is 17.0 Å². The van der Waals surface area contributed by atoms with Gasteiger partial charge >= 0.3 is 6.03 Å². The minimum absolute atomic E-state index is 0.114. The fourth-order valence-corrected chi connectivity index (χ4v) is 2.93. The summed E-state index contributed by atoms with van der Waals surface area (Å²) in [5.74, 6) is 0.949. The molecule has 0 unspecified atom stereocenters. The van der Waals surface area contributed by atoms with E-state index in [-0.39, 0.29) is 18.1 Å². The molecular formula is C18H30N2O2S. The molecule has 0 saturated heterocycles. The van der Waals surface area contributed by atoms with E-state index < -0.39 is 0 Å². The topological polar surface area (TPSA) is 61.4 Å². The molecule has 3 N–H and O–H groups in total. The van der Waals surface area contributed by atoms with E-state index in [4.69, 9.17) is 5.11 Å². The van der Waals surface area contributed by atoms with E-state index >= 15 is 0 Å². The van der Waals surface area contributed by atoms with Crippen LogP contribution in [0.25, 0.3) is 0 Å². The number of carbonyl (C=O) groups excluding carboxylic acids is 1. The normalized spacial score (nSPS) is 11.6. The summed E-state index contributed by atoms with van der Waals surface area (Å²) in [6.07, 6.45) is 0.661. The van der Waals surface area contributed by atoms with Crippen molar-refractivity contribution in [3.63, 3.8) is 0 Å². The summed E-state index contributed by atoms with van der Waals surface area (Å²) in [4.78, 5) is 12.1. The maximum atomic E-state index is 12.1. The molecule has 0 fully saturated rings. The van der Waals surface area contributed by atoms with Crippen molar-refractivity contribution < 1.29 is 9.90 Å². The molecule has 4 nitrogen and oxygen atoms in total. The molecule has 0 radical (unpaired) electrons. The zero-order valence-corrected chi connectivity index (χ0v) is 15.7. The van der Waals surface area contributed by atoms with Gasteiger partial charge in [-0.1, -0.05) is 39.8 Å². The summed E-state index contributed by atoms with van der Waals surface area (Å²) in [6, 6.07) is 5.82. The fraction of sp³-hybridized carbons (Fsp3) is 0.611. The Labute approximate surface area is 144 Å². The molecule has 0 aliphatic carbocycles. The number of hydrogen-bond donors (Lipinski definition) is 3. The summed E-state index contributed by atoms with van der Waals surface area (Å²) in [7, 11) is 0. The van der Waals surface area contributed by atoms with Gasteiger partial charge in [0.25, 0.3) is 0 Å². The Morgan fingerprint density at radius 1 is 1.35 bits per heavy atom. The minimum atomic E-state index is -0.201. The Balaban J connectivity index is 2.63. The molecule has 0 spiro atoms. The highest BCUT2D eigenvalue weighted by atomic mass is 32.2. The molecule has 1 aromatic carbocycles. The maximum absolute atomic E-state index is 12.1. The second-order valence-electron chi connectivity index (χ2n) is 6.89. The standard InChI is InChI=1S/C18H30N2O2S/c1-13(2)23-11-15-7-6-8-16(14(15)3)20-17(22)19-12-18(4,5)9-10-21/h6-8,13,21H,9-12H2,1-5H3,(H2,19,20,22). The molecule has 2 amide bonds. The number of aliphatic hydroxyl groups is 1. The number of amides is 2. The lowest BCUT2D eigenvalue weighted by Gasteiger charge is -2.24. The second-order valence-corrected chi connectivity index (χ2v) is 8.46. The van der Waals surface area contributed by atoms with Crippen LogP contribution in [-0.2, 0) is 5.75 Å². The van der Waals surface area contributed by atoms with E-state index in [9.17, 15) is 4.79 Å². The number of hydrogen-bond acceptors (Lipinski definition) is 3. The van der Waals surface area contributed by atoms with Crippen LogP contribution < -0.4 is 10.6 Å². The first-order valence-corrected chi connectivity index (χ1v) is 9.16. The van der Waals surface area contributed by atoms with Crippen molar-refractivity contribution >= 4 is 23.5 Å². The highest BCUT2D eigenvalue weighted by molar-refractivity contribution is 7.99. The Morgan fingerprint density at radius 2 is 2.04 bits per heavy atom. The molecule has 0 saturated carbocycles. The molecule has 0 heterocycles. The van der Waals surface area contributed by atoms with Gasteiger partial charge in [0.15, 0.2) is 0 Å². The number of carbonyl (C=O) groups is 1. The number of rotatable bonds is 8. The smallest absolute Gasteiger partial charge is 0.319 e. The summed E-state index contributed by atoms with van der Waals surface area (Å²) >= 11 is 1.89. The van der Waals surface area contributed by atoms with Crippen LogP contribution in [0.3, 0.4) is 0 Å². The lowest BCUT2D eigenvalue weighted by atomic mass is 9.90. The average molecular weight is 339 g/mol. The van der Waals surface area contributed by atoms with Crippen molar-refractivity contribution in [1.29, 1.82) is 0 Å². The van der Waals surface area contributed by atoms with Crippen molar-refractivity contribution in [2.24, 2.45) is 5.41 Å². The van der Waals surface area contributed by atoms with Crippen LogP contribution in [0, 0.1) is 12.3 Å². The third kappa shape index (κ3) is 7.27. The van der Waals surface area contributed by atoms with E-state index in [1.54, 1.807) is 0 Å². The summed E-state index contributed by atoms with van der Waals surface area (Å²) in [5, 5.41) is 15.4. The monoisotopic (exact) mass is 338 g/mol. The van der Waals surface area contributed by atoms with Crippen LogP contribution in [0.15, 0.2) is 18.2 Å². The van der Waals surface area contributed by atoms with Gasteiger partial charge in [0.2, 0.25) is 0 Å². The summed E-state index contributed by atoms with van der Waals surface area (Å²) < 4.78 is 0. The molecule has 0 atom stereocenters. The van der Waals surface area contributed by atoms with Gasteiger partial charge in [-0.25, -0.2) is 4.79 Å². The lowest BCUT2D eigenvalue weighted by molar-refractivity contribution is 0.204. The fourth-order valence-electron chi connectivity index (χ4n) is 2.11. The summed E-state index contributed by atoms with van der Waals surface area (Å²) in [6.45, 7) is 11.1. The van der Waals surface area contributed by atoms with Gasteiger partial charge in [0.05, 0.1) is 0 Å². The van der Waals surface area contributed by atoms with Gasteiger partial charge in [0.1, 0.15) is 0 Å². The number of aliphatic hydroxyl groups excluding tert-OH is 1. The van der Waals surface area contributed by atoms with Crippen molar-refractivity contribution in [2.45, 2.75) is 52.0 Å². The molecule has 23 heavy (non-hydrogen) atoms. The van der Waals surface area contributed by atoms with Gasteiger partial charge < -0.3 is 15.7 Å². The first kappa shape index (κ1) is 19.8. The third-order valence-corrected chi connectivity index (χ3v) is 4.93. The van der Waals surface area contributed by atoms with Crippen molar-refractivity contribution in [3.05, 3.63) is 29.3 Å². The maximum Gasteiger partial charge on any atom is 0.319 e. The van der Waals surface area contributed by atoms with Crippen LogP contribution in [0.4, 0.5) is 10.5 Å². The number of urea groups is 1. The predicted octanol–water partition coefficient (Wildman–Crippen LogP) is 4.17. The molecule has 0 bridgehead atoms. The summed E-state index contributed by atoms with van der Waals surface area (Å²) in [5.41, 5.74) is 3.11. The lowest BCUT2D eigenvalue weighted by Crippen LogP contribution is -2.37. The molecule has 1 aromatic rings. The first-order valence-electron chi connectivity index (χ1n) is 8.11. The van der Waals surface area contributed by atoms with Crippen LogP contribution in [-0.4, -0.2) is 29.5 Å². The van der Waals surface area contributed by atoms with E-state index in [2.05, 4.69) is 30.5 Å². The van der Waals surface area contributed by atoms with Gasteiger partial charge in [-0.15, -0.1) is 0 Å². The van der Waals surface area contributed by atoms with Crippen molar-refractivity contribution in [3.8, 4) is 0 Å². The average Bonchev–Trinajstić information content (AvgIpc) is 2.46. The zero-order valence-electron chi connectivity index (χ0n) is 14.9. The minimum Gasteiger partial charge on any atom is -0.396 e. The van der Waals surface area contributed by atoms with Gasteiger partial charge in [-0.2, -0.15) is 11.8 Å². The highest BCUT2D eigenvalue weighted by Gasteiger charge is 2.18. The van der Waals surface area contributed by atoms with Crippen LogP contribution in [0.5, 0.6) is 0 Å². The first-order chi connectivity index (χ1) is 10.7. The Kier molecular flexibility index (Phi) is 7.92. The largest absolute Gasteiger partial charge is 0.396 e. The number of benzene rings is 1. The van der Waals surface area contributed by atoms with Crippen LogP contribution in [0.2, 0.25) is 0 Å². The molecule has 0 aromatic heterocycles. The molecule has 130 valence electrons. The van der Waals surface area contributed by atoms with Gasteiger partial charge in [0, 0.05) is 24.6 Å². The molecule has 5 heteroatoms. The highest BCUT2D eigenvalue weighted by Crippen LogP contribution is 2.25. The van der Waals surface area contributed by atoms with Gasteiger partial charge in [-0.05, 0) is 41.2 Å². The zero-order chi connectivity index (χ0) is 17.5. The van der Waals surface area contributed by atoms with Crippen LogP contribution >= 0.6 is 11.8 Å². The number of thioether (sulfide) groups is 1. The van der Waals surface area contributed by atoms with Crippen molar-refractivity contribution in [1.82, 2.24) is 5.32 Å². The number of anilines is 1. The van der Waals surface area contributed by atoms with E-state index in [1.807, 2.05) is 44.7 Å². The Hall–Kier alpha value is -1.20. The van der Waals surface area contributed by atoms with Crippen molar-refractivity contribution in [2.75, 3.05) is 18.5 Å². The Bertz CT molecular complexity index is 516. The molecule has 0 aliphatic heterocycles. The molecule has 0 aliphatic rings. The number of nitrogens with one attached hydrogen (secondary N) is 2. The predicted molar refractivity (Wildman–Crippen MR) is 100 cm³/mol. The third-order valence-electron chi connectivity index (χ3n) is 3.78. The molecule has 1 rings (SSSR count). The SMILES string of the molecule is Cc1c(CSC(C)C)cccc1NC(=O)NCC(C)(C)CCO. The Morgan fingerprint density at radius 3 is 2.65 bits per heavy atom. The van der Waals surface area contributed by atoms with Crippen LogP contribution in [0.1, 0.15) is 45.2 Å².